The molecule has 5 atom stereocenters. The van der Waals surface area contributed by atoms with Crippen molar-refractivity contribution in [1.82, 2.24) is 15.5 Å². The van der Waals surface area contributed by atoms with Crippen LogP contribution in [0.1, 0.15) is 78.0 Å². The summed E-state index contributed by atoms with van der Waals surface area (Å²) >= 11 is 0. The van der Waals surface area contributed by atoms with Gasteiger partial charge >= 0.3 is 6.09 Å². The van der Waals surface area contributed by atoms with Gasteiger partial charge in [-0.15, -0.1) is 0 Å². The molecule has 40 heavy (non-hydrogen) atoms. The fourth-order valence-electron chi connectivity index (χ4n) is 4.79. The number of benzene rings is 2. The summed E-state index contributed by atoms with van der Waals surface area (Å²) in [6.45, 7) is 11.2. The Bertz CT molecular complexity index is 1160. The van der Waals surface area contributed by atoms with Crippen molar-refractivity contribution in [2.75, 3.05) is 0 Å². The molecule has 4 N–H and O–H groups in total. The number of phenols is 2. The van der Waals surface area contributed by atoms with Gasteiger partial charge in [-0.3, -0.25) is 9.59 Å². The maximum absolute atomic E-state index is 14.4. The van der Waals surface area contributed by atoms with Gasteiger partial charge in [0.1, 0.15) is 29.2 Å². The van der Waals surface area contributed by atoms with E-state index in [1.165, 1.54) is 24.3 Å². The molecule has 1 aliphatic carbocycles. The highest BCUT2D eigenvalue weighted by molar-refractivity contribution is 5.93. The molecular weight excluding hydrogens is 510 g/mol. The molecule has 3 amide bonds. The molecule has 218 valence electrons. The first-order chi connectivity index (χ1) is 18.8. The van der Waals surface area contributed by atoms with E-state index in [4.69, 9.17) is 4.74 Å². The van der Waals surface area contributed by atoms with E-state index in [0.29, 0.717) is 5.56 Å². The molecule has 0 radical (unpaired) electrons. The highest BCUT2D eigenvalue weighted by Gasteiger charge is 2.48. The highest BCUT2D eigenvalue weighted by Crippen LogP contribution is 2.41. The highest BCUT2D eigenvalue weighted by atomic mass is 16.6. The minimum Gasteiger partial charge on any atom is -0.508 e. The van der Waals surface area contributed by atoms with Gasteiger partial charge in [-0.25, -0.2) is 4.79 Å². The summed E-state index contributed by atoms with van der Waals surface area (Å²) in [5.41, 5.74) is 0.510. The molecule has 2 aromatic carbocycles. The van der Waals surface area contributed by atoms with Crippen molar-refractivity contribution in [2.24, 2.45) is 5.92 Å². The summed E-state index contributed by atoms with van der Waals surface area (Å²) in [6.07, 6.45) is 1.78. The molecule has 5 unspecified atom stereocenters. The number of ether oxygens (including phenoxy) is 1. The Morgan fingerprint density at radius 3 is 2.05 bits per heavy atom. The van der Waals surface area contributed by atoms with Crippen molar-refractivity contribution >= 4 is 17.9 Å². The molecule has 9 heteroatoms. The quantitative estimate of drug-likeness (QED) is 0.316. The van der Waals surface area contributed by atoms with E-state index in [0.717, 1.165) is 24.8 Å². The third-order valence-electron chi connectivity index (χ3n) is 6.89. The zero-order valence-electron chi connectivity index (χ0n) is 24.3. The topological polar surface area (TPSA) is 128 Å². The Hall–Kier alpha value is -3.75. The van der Waals surface area contributed by atoms with Crippen LogP contribution < -0.4 is 10.6 Å². The predicted octanol–water partition coefficient (Wildman–Crippen LogP) is 4.82. The van der Waals surface area contributed by atoms with Gasteiger partial charge in [-0.2, -0.15) is 0 Å². The van der Waals surface area contributed by atoms with Gasteiger partial charge in [0.25, 0.3) is 0 Å². The van der Waals surface area contributed by atoms with Crippen LogP contribution in [-0.2, 0) is 20.7 Å². The molecule has 0 spiro atoms. The monoisotopic (exact) mass is 553 g/mol. The normalized spacial score (nSPS) is 18.6. The first kappa shape index (κ1) is 30.8. The van der Waals surface area contributed by atoms with Crippen molar-refractivity contribution < 1.29 is 29.3 Å². The van der Waals surface area contributed by atoms with E-state index in [-0.39, 0.29) is 41.8 Å². The number of carbonyl (C=O) groups is 3. The minimum absolute atomic E-state index is 0.0525. The summed E-state index contributed by atoms with van der Waals surface area (Å²) in [5, 5.41) is 25.4. The van der Waals surface area contributed by atoms with Gasteiger partial charge in [0.05, 0.1) is 0 Å². The number of hydrogen-bond acceptors (Lipinski definition) is 6. The number of aromatic hydroxyl groups is 2. The molecule has 0 aromatic heterocycles. The molecule has 3 rings (SSSR count). The van der Waals surface area contributed by atoms with Crippen molar-refractivity contribution in [3.63, 3.8) is 0 Å². The lowest BCUT2D eigenvalue weighted by Crippen LogP contribution is -2.55. The van der Waals surface area contributed by atoms with E-state index in [9.17, 15) is 24.6 Å². The number of nitrogens with zero attached hydrogens (tertiary/aromatic N) is 1. The van der Waals surface area contributed by atoms with Gasteiger partial charge in [0.15, 0.2) is 0 Å². The number of carbonyl (C=O) groups excluding carboxylic acids is 3. The van der Waals surface area contributed by atoms with Crippen molar-refractivity contribution in [1.29, 1.82) is 0 Å². The van der Waals surface area contributed by atoms with Crippen LogP contribution in [0.2, 0.25) is 0 Å². The SMILES string of the molecule is CCCC(C)NC(=O)C(c1ccc(O)cc1)N(C(=O)C(Cc1ccc(O)cc1)NC(=O)OC(C)(C)C)C1CC1C. The average molecular weight is 554 g/mol. The molecule has 0 heterocycles. The van der Waals surface area contributed by atoms with Crippen molar-refractivity contribution in [3.05, 3.63) is 59.7 Å². The van der Waals surface area contributed by atoms with E-state index in [1.807, 2.05) is 20.8 Å². The van der Waals surface area contributed by atoms with Gasteiger partial charge in [0.2, 0.25) is 11.8 Å². The molecule has 0 bridgehead atoms. The number of amides is 3. The van der Waals surface area contributed by atoms with Crippen LogP contribution in [-0.4, -0.2) is 56.7 Å². The molecular formula is C31H43N3O6. The molecule has 2 aromatic rings. The van der Waals surface area contributed by atoms with Crippen LogP contribution in [0, 0.1) is 5.92 Å². The molecule has 1 fully saturated rings. The Labute approximate surface area is 236 Å². The fourth-order valence-corrected chi connectivity index (χ4v) is 4.79. The molecule has 0 saturated heterocycles. The molecule has 1 aliphatic rings. The predicted molar refractivity (Wildman–Crippen MR) is 153 cm³/mol. The molecule has 9 nitrogen and oxygen atoms in total. The summed E-state index contributed by atoms with van der Waals surface area (Å²) in [6, 6.07) is 10.4. The number of nitrogens with one attached hydrogen (secondary N) is 2. The Morgan fingerprint density at radius 2 is 1.55 bits per heavy atom. The van der Waals surface area contributed by atoms with Gasteiger partial charge in [0, 0.05) is 18.5 Å². The first-order valence-corrected chi connectivity index (χ1v) is 14.0. The number of alkyl carbamates (subject to hydrolysis) is 1. The van der Waals surface area contributed by atoms with Crippen LogP contribution >= 0.6 is 0 Å². The first-order valence-electron chi connectivity index (χ1n) is 14.0. The second-order valence-corrected chi connectivity index (χ2v) is 11.8. The van der Waals surface area contributed by atoms with Crippen LogP contribution in [0.15, 0.2) is 48.5 Å². The standard InChI is InChI=1S/C31H43N3O6/c1-7-8-20(3)32-28(37)27(22-11-15-24(36)16-12-22)34(26-17-19(26)2)29(38)25(33-30(39)40-31(4,5)6)18-21-9-13-23(35)14-10-21/h9-16,19-20,25-27,35-36H,7-8,17-18H2,1-6H3,(H,32,37)(H,33,39). The number of phenolic OH excluding ortho intramolecular Hbond substituents is 2. The summed E-state index contributed by atoms with van der Waals surface area (Å²) < 4.78 is 5.47. The zero-order valence-corrected chi connectivity index (χ0v) is 24.3. The maximum atomic E-state index is 14.4. The maximum Gasteiger partial charge on any atom is 0.408 e. The van der Waals surface area contributed by atoms with Crippen molar-refractivity contribution in [3.8, 4) is 11.5 Å². The van der Waals surface area contributed by atoms with Gasteiger partial charge in [-0.05, 0) is 81.8 Å². The summed E-state index contributed by atoms with van der Waals surface area (Å²) in [7, 11) is 0. The van der Waals surface area contributed by atoms with Gasteiger partial charge < -0.3 is 30.5 Å². The number of hydrogen-bond donors (Lipinski definition) is 4. The van der Waals surface area contributed by atoms with Crippen LogP contribution in [0.25, 0.3) is 0 Å². The van der Waals surface area contributed by atoms with Crippen LogP contribution in [0.4, 0.5) is 4.79 Å². The summed E-state index contributed by atoms with van der Waals surface area (Å²) in [5.74, 6) is -0.424. The lowest BCUT2D eigenvalue weighted by atomic mass is 9.99. The molecule has 0 aliphatic heterocycles. The smallest absolute Gasteiger partial charge is 0.408 e. The van der Waals surface area contributed by atoms with E-state index < -0.39 is 29.7 Å². The second-order valence-electron chi connectivity index (χ2n) is 11.8. The fraction of sp³-hybridized carbons (Fsp3) is 0.516. The third-order valence-corrected chi connectivity index (χ3v) is 6.89. The average Bonchev–Trinajstić information content (AvgIpc) is 3.58. The Balaban J connectivity index is 2.03. The van der Waals surface area contributed by atoms with E-state index in [2.05, 4.69) is 10.6 Å². The summed E-state index contributed by atoms with van der Waals surface area (Å²) in [4.78, 5) is 42.7. The van der Waals surface area contributed by atoms with Gasteiger partial charge in [-0.1, -0.05) is 44.5 Å². The Morgan fingerprint density at radius 1 is 1.00 bits per heavy atom. The Kier molecular flexibility index (Phi) is 10.1. The van der Waals surface area contributed by atoms with Crippen LogP contribution in [0.5, 0.6) is 11.5 Å². The number of rotatable bonds is 11. The second kappa shape index (κ2) is 13.1. The zero-order chi connectivity index (χ0) is 29.6. The van der Waals surface area contributed by atoms with Crippen molar-refractivity contribution in [2.45, 2.75) is 97.0 Å². The lowest BCUT2D eigenvalue weighted by Gasteiger charge is -2.35. The third kappa shape index (κ3) is 8.63. The van der Waals surface area contributed by atoms with Crippen LogP contribution in [0.3, 0.4) is 0 Å². The minimum atomic E-state index is -1.03. The van der Waals surface area contributed by atoms with E-state index >= 15 is 0 Å². The van der Waals surface area contributed by atoms with E-state index in [1.54, 1.807) is 49.9 Å². The largest absolute Gasteiger partial charge is 0.508 e. The lowest BCUT2D eigenvalue weighted by molar-refractivity contribution is -0.143. The molecule has 1 saturated carbocycles.